The highest BCUT2D eigenvalue weighted by Crippen LogP contribution is 2.19. The zero-order valence-corrected chi connectivity index (χ0v) is 16.4. The molecule has 0 aliphatic carbocycles. The van der Waals surface area contributed by atoms with Crippen molar-refractivity contribution in [1.82, 2.24) is 20.4 Å². The third-order valence-electron chi connectivity index (χ3n) is 2.88. The van der Waals surface area contributed by atoms with Gasteiger partial charge in [-0.05, 0) is 38.4 Å². The highest BCUT2D eigenvalue weighted by molar-refractivity contribution is 7.80. The molecule has 7 heteroatoms. The Kier molecular flexibility index (Phi) is 7.20. The Bertz CT molecular complexity index is 556. The highest BCUT2D eigenvalue weighted by atomic mass is 32.1. The topological polar surface area (TPSA) is 68.2 Å². The molecule has 1 aromatic rings. The van der Waals surface area contributed by atoms with E-state index in [1.54, 1.807) is 10.9 Å². The number of aromatic nitrogens is 2. The lowest BCUT2D eigenvalue weighted by Crippen LogP contribution is -2.46. The molecule has 0 atom stereocenters. The Hall–Kier alpha value is -1.63. The van der Waals surface area contributed by atoms with Crippen LogP contribution in [-0.2, 0) is 22.7 Å². The molecule has 2 N–H and O–H groups in total. The Morgan fingerprint density at radius 2 is 1.96 bits per heavy atom. The molecule has 1 heterocycles. The molecule has 0 unspecified atom stereocenters. The zero-order chi connectivity index (χ0) is 18.4. The molecule has 136 valence electrons. The van der Waals surface area contributed by atoms with Crippen LogP contribution in [-0.4, -0.2) is 32.9 Å². The number of nitrogens with zero attached hydrogens (tertiary/aromatic N) is 2. The number of carbonyl (C=O) groups is 1. The number of hydrogen-bond donors (Lipinski definition) is 2. The molecule has 1 aromatic heterocycles. The first-order valence-corrected chi connectivity index (χ1v) is 8.58. The van der Waals surface area contributed by atoms with Crippen molar-refractivity contribution in [3.63, 3.8) is 0 Å². The second-order valence-corrected chi connectivity index (χ2v) is 8.55. The molecular weight excluding hydrogens is 324 g/mol. The van der Waals surface area contributed by atoms with E-state index in [0.29, 0.717) is 24.6 Å². The monoisotopic (exact) mass is 354 g/mol. The minimum Gasteiger partial charge on any atom is -0.461 e. The molecule has 0 aromatic carbocycles. The fourth-order valence-corrected chi connectivity index (χ4v) is 2.33. The van der Waals surface area contributed by atoms with Gasteiger partial charge in [-0.15, -0.1) is 0 Å². The summed E-state index contributed by atoms with van der Waals surface area (Å²) in [4.78, 5) is 11.7. The predicted octanol–water partition coefficient (Wildman–Crippen LogP) is 2.63. The standard InChI is InChI=1S/C17H30N4O2S/c1-16(2,3)9-14(22)23-12-13-10-19-21(11-13)8-7-18-15(24)20-17(4,5)6/h10-11H,7-9,12H2,1-6H3,(H2,18,20,24). The van der Waals surface area contributed by atoms with Crippen molar-refractivity contribution < 1.29 is 9.53 Å². The van der Waals surface area contributed by atoms with E-state index < -0.39 is 0 Å². The fraction of sp³-hybridized carbons (Fsp3) is 0.706. The van der Waals surface area contributed by atoms with E-state index in [1.807, 2.05) is 27.0 Å². The van der Waals surface area contributed by atoms with Crippen LogP contribution in [0.5, 0.6) is 0 Å². The van der Waals surface area contributed by atoms with Gasteiger partial charge in [0.25, 0.3) is 0 Å². The van der Waals surface area contributed by atoms with Crippen LogP contribution in [0, 0.1) is 5.41 Å². The number of nitrogens with one attached hydrogen (secondary N) is 2. The van der Waals surface area contributed by atoms with Crippen LogP contribution in [0.1, 0.15) is 53.5 Å². The van der Waals surface area contributed by atoms with Gasteiger partial charge in [-0.1, -0.05) is 20.8 Å². The molecule has 0 aliphatic rings. The van der Waals surface area contributed by atoms with Crippen molar-refractivity contribution in [2.45, 2.75) is 66.7 Å². The van der Waals surface area contributed by atoms with Crippen LogP contribution in [0.15, 0.2) is 12.4 Å². The van der Waals surface area contributed by atoms with Crippen molar-refractivity contribution >= 4 is 23.3 Å². The minimum atomic E-state index is -0.185. The lowest BCUT2D eigenvalue weighted by Gasteiger charge is -2.23. The number of rotatable bonds is 6. The molecule has 0 bridgehead atoms. The van der Waals surface area contributed by atoms with E-state index in [4.69, 9.17) is 17.0 Å². The third kappa shape index (κ3) is 9.50. The summed E-state index contributed by atoms with van der Waals surface area (Å²) in [6.07, 6.45) is 4.01. The maximum Gasteiger partial charge on any atom is 0.306 e. The van der Waals surface area contributed by atoms with Crippen LogP contribution in [0.2, 0.25) is 0 Å². The van der Waals surface area contributed by atoms with Gasteiger partial charge < -0.3 is 15.4 Å². The number of ether oxygens (including phenoxy) is 1. The Morgan fingerprint density at radius 3 is 2.54 bits per heavy atom. The SMILES string of the molecule is CC(C)(C)CC(=O)OCc1cnn(CCNC(=S)NC(C)(C)C)c1. The van der Waals surface area contributed by atoms with E-state index in [1.165, 1.54) is 0 Å². The van der Waals surface area contributed by atoms with Gasteiger partial charge in [0.05, 0.1) is 19.2 Å². The number of carbonyl (C=O) groups excluding carboxylic acids is 1. The second-order valence-electron chi connectivity index (χ2n) is 8.14. The lowest BCUT2D eigenvalue weighted by molar-refractivity contribution is -0.147. The first kappa shape index (κ1) is 20.4. The molecule has 0 amide bonds. The Morgan fingerprint density at radius 1 is 1.29 bits per heavy atom. The van der Waals surface area contributed by atoms with Crippen molar-refractivity contribution in [2.24, 2.45) is 5.41 Å². The van der Waals surface area contributed by atoms with Crippen LogP contribution < -0.4 is 10.6 Å². The second kappa shape index (κ2) is 8.46. The molecule has 6 nitrogen and oxygen atoms in total. The van der Waals surface area contributed by atoms with Gasteiger partial charge in [0, 0.05) is 23.8 Å². The third-order valence-corrected chi connectivity index (χ3v) is 3.12. The van der Waals surface area contributed by atoms with Gasteiger partial charge in [0.15, 0.2) is 5.11 Å². The zero-order valence-electron chi connectivity index (χ0n) is 15.6. The molecule has 0 radical (unpaired) electrons. The van der Waals surface area contributed by atoms with E-state index in [2.05, 4.69) is 36.5 Å². The van der Waals surface area contributed by atoms with E-state index >= 15 is 0 Å². The van der Waals surface area contributed by atoms with Crippen molar-refractivity contribution in [3.05, 3.63) is 18.0 Å². The average molecular weight is 355 g/mol. The summed E-state index contributed by atoms with van der Waals surface area (Å²) in [5.41, 5.74) is 0.763. The van der Waals surface area contributed by atoms with Crippen molar-refractivity contribution in [3.8, 4) is 0 Å². The quantitative estimate of drug-likeness (QED) is 0.605. The number of hydrogen-bond acceptors (Lipinski definition) is 4. The molecule has 0 saturated carbocycles. The van der Waals surface area contributed by atoms with Crippen LogP contribution in [0.4, 0.5) is 0 Å². The first-order valence-electron chi connectivity index (χ1n) is 8.18. The van der Waals surface area contributed by atoms with E-state index in [9.17, 15) is 4.79 Å². The van der Waals surface area contributed by atoms with Crippen LogP contribution in [0.25, 0.3) is 0 Å². The number of esters is 1. The average Bonchev–Trinajstić information content (AvgIpc) is 2.80. The van der Waals surface area contributed by atoms with Crippen molar-refractivity contribution in [1.29, 1.82) is 0 Å². The summed E-state index contributed by atoms with van der Waals surface area (Å²) in [5.74, 6) is -0.185. The van der Waals surface area contributed by atoms with Gasteiger partial charge in [-0.2, -0.15) is 5.10 Å². The molecular formula is C17H30N4O2S. The van der Waals surface area contributed by atoms with Gasteiger partial charge in [0.2, 0.25) is 0 Å². The molecule has 0 fully saturated rings. The van der Waals surface area contributed by atoms with Crippen molar-refractivity contribution in [2.75, 3.05) is 6.54 Å². The smallest absolute Gasteiger partial charge is 0.306 e. The summed E-state index contributed by atoms with van der Waals surface area (Å²) in [6, 6.07) is 0. The largest absolute Gasteiger partial charge is 0.461 e. The lowest BCUT2D eigenvalue weighted by atomic mass is 9.92. The van der Waals surface area contributed by atoms with Gasteiger partial charge >= 0.3 is 5.97 Å². The molecule has 0 spiro atoms. The maximum absolute atomic E-state index is 11.7. The van der Waals surface area contributed by atoms with Gasteiger partial charge in [0.1, 0.15) is 6.61 Å². The van der Waals surface area contributed by atoms with Crippen LogP contribution >= 0.6 is 12.2 Å². The minimum absolute atomic E-state index is 0.0557. The normalized spacial score (nSPS) is 11.9. The first-order chi connectivity index (χ1) is 10.9. The maximum atomic E-state index is 11.7. The summed E-state index contributed by atoms with van der Waals surface area (Å²) in [7, 11) is 0. The van der Waals surface area contributed by atoms with Gasteiger partial charge in [-0.25, -0.2) is 0 Å². The Labute approximate surface area is 150 Å². The highest BCUT2D eigenvalue weighted by Gasteiger charge is 2.17. The molecule has 24 heavy (non-hydrogen) atoms. The summed E-state index contributed by atoms with van der Waals surface area (Å²) < 4.78 is 7.08. The number of thiocarbonyl (C=S) groups is 1. The fourth-order valence-electron chi connectivity index (χ4n) is 1.92. The summed E-state index contributed by atoms with van der Waals surface area (Å²) in [5, 5.41) is 11.2. The summed E-state index contributed by atoms with van der Waals surface area (Å²) >= 11 is 5.23. The van der Waals surface area contributed by atoms with E-state index in [0.717, 1.165) is 5.56 Å². The van der Waals surface area contributed by atoms with Gasteiger partial charge in [-0.3, -0.25) is 9.48 Å². The Balaban J connectivity index is 2.31. The predicted molar refractivity (Wildman–Crippen MR) is 99.6 cm³/mol. The van der Waals surface area contributed by atoms with Crippen LogP contribution in [0.3, 0.4) is 0 Å². The molecule has 0 saturated heterocycles. The molecule has 0 aliphatic heterocycles. The molecule has 1 rings (SSSR count). The van der Waals surface area contributed by atoms with E-state index in [-0.39, 0.29) is 23.5 Å². The summed E-state index contributed by atoms with van der Waals surface area (Å²) in [6.45, 7) is 13.8.